The Morgan fingerprint density at radius 2 is 1.72 bits per heavy atom. The van der Waals surface area contributed by atoms with Gasteiger partial charge < -0.3 is 9.15 Å². The van der Waals surface area contributed by atoms with Gasteiger partial charge in [-0.25, -0.2) is 9.48 Å². The van der Waals surface area contributed by atoms with Gasteiger partial charge in [0.2, 0.25) is 0 Å². The van der Waals surface area contributed by atoms with E-state index in [1.165, 1.54) is 23.9 Å². The van der Waals surface area contributed by atoms with Gasteiger partial charge in [0, 0.05) is 11.5 Å². The first-order valence-corrected chi connectivity index (χ1v) is 10.9. The molecule has 4 rings (SSSR count). The molecular formula is C26H22N4O6. The zero-order valence-corrected chi connectivity index (χ0v) is 19.5. The van der Waals surface area contributed by atoms with E-state index in [9.17, 15) is 19.2 Å². The topological polar surface area (TPSA) is 133 Å². The second-order valence-corrected chi connectivity index (χ2v) is 7.73. The number of esters is 1. The maximum atomic E-state index is 12.9. The monoisotopic (exact) mass is 486 g/mol. The van der Waals surface area contributed by atoms with Crippen LogP contribution in [0.3, 0.4) is 0 Å². The lowest BCUT2D eigenvalue weighted by Gasteiger charge is -2.11. The maximum absolute atomic E-state index is 12.9. The molecule has 10 nitrogen and oxygen atoms in total. The number of furan rings is 1. The van der Waals surface area contributed by atoms with Crippen molar-refractivity contribution in [2.24, 2.45) is 0 Å². The van der Waals surface area contributed by atoms with Gasteiger partial charge in [-0.15, -0.1) is 0 Å². The number of hydrogen-bond donors (Lipinski definition) is 2. The molecule has 0 radical (unpaired) electrons. The van der Waals surface area contributed by atoms with Crippen molar-refractivity contribution in [3.05, 3.63) is 105 Å². The molecule has 2 amide bonds. The minimum absolute atomic E-state index is 0.0187. The highest BCUT2D eigenvalue weighted by Gasteiger charge is 2.18. The highest BCUT2D eigenvalue weighted by molar-refractivity contribution is 6.05. The molecule has 0 aliphatic heterocycles. The van der Waals surface area contributed by atoms with E-state index in [2.05, 4.69) is 20.7 Å². The first-order chi connectivity index (χ1) is 17.4. The van der Waals surface area contributed by atoms with Gasteiger partial charge in [-0.2, -0.15) is 5.10 Å². The molecule has 0 saturated carbocycles. The zero-order valence-electron chi connectivity index (χ0n) is 19.5. The average molecular weight is 486 g/mol. The van der Waals surface area contributed by atoms with Crippen molar-refractivity contribution in [3.8, 4) is 0 Å². The summed E-state index contributed by atoms with van der Waals surface area (Å²) in [6.45, 7) is 1.77. The normalized spacial score (nSPS) is 10.9. The van der Waals surface area contributed by atoms with Crippen LogP contribution in [0.2, 0.25) is 0 Å². The number of amides is 2. The molecular weight excluding hydrogens is 464 g/mol. The standard InChI is InChI=1S/C26H22N4O6/c1-16-21(26(34)35-2)14-18(36-16)12-13-22(31)27-28-24(32)23-19-10-6-7-11-20(19)25(33)30(29-23)15-17-8-4-3-5-9-17/h3-14H,15H2,1-2H3,(H,27,31)(H,28,32)/b13-12+. The van der Waals surface area contributed by atoms with Crippen LogP contribution < -0.4 is 16.4 Å². The first-order valence-electron chi connectivity index (χ1n) is 10.9. The minimum Gasteiger partial charge on any atom is -0.465 e. The molecule has 4 aromatic rings. The molecule has 0 atom stereocenters. The van der Waals surface area contributed by atoms with E-state index in [0.29, 0.717) is 16.5 Å². The molecule has 2 aromatic heterocycles. The average Bonchev–Trinajstić information content (AvgIpc) is 3.28. The zero-order chi connectivity index (χ0) is 25.7. The van der Waals surface area contributed by atoms with Crippen LogP contribution in [0.25, 0.3) is 16.8 Å². The van der Waals surface area contributed by atoms with Gasteiger partial charge in [-0.1, -0.05) is 48.5 Å². The van der Waals surface area contributed by atoms with Crippen LogP contribution in [0, 0.1) is 6.92 Å². The molecule has 36 heavy (non-hydrogen) atoms. The van der Waals surface area contributed by atoms with Gasteiger partial charge in [0.25, 0.3) is 17.4 Å². The third kappa shape index (κ3) is 5.22. The molecule has 0 aliphatic carbocycles. The second kappa shape index (κ2) is 10.5. The fourth-order valence-corrected chi connectivity index (χ4v) is 3.54. The summed E-state index contributed by atoms with van der Waals surface area (Å²) in [5.74, 6) is -1.30. The number of rotatable bonds is 6. The number of aryl methyl sites for hydroxylation is 1. The number of aromatic nitrogens is 2. The van der Waals surface area contributed by atoms with Crippen LogP contribution in [0.5, 0.6) is 0 Å². The molecule has 10 heteroatoms. The van der Waals surface area contributed by atoms with E-state index in [1.54, 1.807) is 31.2 Å². The van der Waals surface area contributed by atoms with Crippen LogP contribution in [-0.2, 0) is 16.1 Å². The third-order valence-electron chi connectivity index (χ3n) is 5.30. The third-order valence-corrected chi connectivity index (χ3v) is 5.30. The van der Waals surface area contributed by atoms with E-state index < -0.39 is 17.8 Å². The van der Waals surface area contributed by atoms with Crippen LogP contribution >= 0.6 is 0 Å². The van der Waals surface area contributed by atoms with Crippen molar-refractivity contribution in [2.75, 3.05) is 7.11 Å². The summed E-state index contributed by atoms with van der Waals surface area (Å²) in [5.41, 5.74) is 5.31. The fraction of sp³-hybridized carbons (Fsp3) is 0.115. The Bertz CT molecular complexity index is 1540. The van der Waals surface area contributed by atoms with E-state index >= 15 is 0 Å². The predicted octanol–water partition coefficient (Wildman–Crippen LogP) is 2.61. The van der Waals surface area contributed by atoms with Crippen molar-refractivity contribution in [1.29, 1.82) is 0 Å². The Balaban J connectivity index is 1.51. The van der Waals surface area contributed by atoms with Gasteiger partial charge >= 0.3 is 5.97 Å². The van der Waals surface area contributed by atoms with Gasteiger partial charge in [-0.3, -0.25) is 25.2 Å². The molecule has 2 N–H and O–H groups in total. The molecule has 0 aliphatic rings. The summed E-state index contributed by atoms with van der Waals surface area (Å²) in [4.78, 5) is 49.8. The molecule has 0 fully saturated rings. The summed E-state index contributed by atoms with van der Waals surface area (Å²) in [6.07, 6.45) is 2.47. The number of carbonyl (C=O) groups is 3. The van der Waals surface area contributed by atoms with Crippen LogP contribution in [0.4, 0.5) is 0 Å². The van der Waals surface area contributed by atoms with Crippen molar-refractivity contribution in [1.82, 2.24) is 20.6 Å². The number of fused-ring (bicyclic) bond motifs is 1. The summed E-state index contributed by atoms with van der Waals surface area (Å²) in [6, 6.07) is 17.3. The highest BCUT2D eigenvalue weighted by atomic mass is 16.5. The predicted molar refractivity (Wildman–Crippen MR) is 131 cm³/mol. The number of hydrazine groups is 1. The summed E-state index contributed by atoms with van der Waals surface area (Å²) in [7, 11) is 1.26. The lowest BCUT2D eigenvalue weighted by molar-refractivity contribution is -0.117. The molecule has 0 unspecified atom stereocenters. The number of benzene rings is 2. The Hall–Kier alpha value is -4.99. The number of carbonyl (C=O) groups excluding carboxylic acids is 3. The van der Waals surface area contributed by atoms with Gasteiger partial charge in [0.05, 0.1) is 19.0 Å². The number of nitrogens with one attached hydrogen (secondary N) is 2. The molecule has 2 aromatic carbocycles. The van der Waals surface area contributed by atoms with E-state index in [-0.39, 0.29) is 29.1 Å². The van der Waals surface area contributed by atoms with E-state index in [1.807, 2.05) is 30.3 Å². The highest BCUT2D eigenvalue weighted by Crippen LogP contribution is 2.17. The molecule has 0 spiro atoms. The number of ether oxygens (including phenoxy) is 1. The minimum atomic E-state index is -0.698. The number of hydrogen-bond acceptors (Lipinski definition) is 7. The van der Waals surface area contributed by atoms with Gasteiger partial charge in [0.15, 0.2) is 5.69 Å². The Morgan fingerprint density at radius 1 is 1.03 bits per heavy atom. The van der Waals surface area contributed by atoms with E-state index in [0.717, 1.165) is 11.6 Å². The van der Waals surface area contributed by atoms with Crippen LogP contribution in [-0.4, -0.2) is 34.7 Å². The van der Waals surface area contributed by atoms with Crippen molar-refractivity contribution in [3.63, 3.8) is 0 Å². The van der Waals surface area contributed by atoms with Crippen molar-refractivity contribution in [2.45, 2.75) is 13.5 Å². The smallest absolute Gasteiger partial charge is 0.341 e. The molecule has 0 bridgehead atoms. The lowest BCUT2D eigenvalue weighted by Crippen LogP contribution is -2.42. The van der Waals surface area contributed by atoms with Crippen molar-refractivity contribution < 1.29 is 23.5 Å². The van der Waals surface area contributed by atoms with Crippen LogP contribution in [0.1, 0.15) is 37.9 Å². The second-order valence-electron chi connectivity index (χ2n) is 7.73. The summed E-state index contributed by atoms with van der Waals surface area (Å²) >= 11 is 0. The maximum Gasteiger partial charge on any atom is 0.341 e. The first kappa shape index (κ1) is 24.1. The number of methoxy groups -OCH3 is 1. The molecule has 0 saturated heterocycles. The van der Waals surface area contributed by atoms with Gasteiger partial charge in [0.1, 0.15) is 17.1 Å². The van der Waals surface area contributed by atoms with Gasteiger partial charge in [-0.05, 0) is 30.7 Å². The lowest BCUT2D eigenvalue weighted by atomic mass is 10.1. The largest absolute Gasteiger partial charge is 0.465 e. The van der Waals surface area contributed by atoms with Crippen molar-refractivity contribution >= 4 is 34.6 Å². The van der Waals surface area contributed by atoms with E-state index in [4.69, 9.17) is 4.42 Å². The summed E-state index contributed by atoms with van der Waals surface area (Å²) < 4.78 is 11.3. The Labute approximate surface area is 205 Å². The van der Waals surface area contributed by atoms with Crippen LogP contribution in [0.15, 0.2) is 76.0 Å². The Kier molecular flexibility index (Phi) is 7.05. The Morgan fingerprint density at radius 3 is 2.44 bits per heavy atom. The molecule has 182 valence electrons. The molecule has 2 heterocycles. The fourth-order valence-electron chi connectivity index (χ4n) is 3.54. The number of nitrogens with zero attached hydrogens (tertiary/aromatic N) is 2. The quantitative estimate of drug-likeness (QED) is 0.243. The summed E-state index contributed by atoms with van der Waals surface area (Å²) in [5, 5.41) is 4.95. The SMILES string of the molecule is COC(=O)c1cc(/C=C/C(=O)NNC(=O)c2nn(Cc3ccccc3)c(=O)c3ccccc23)oc1C.